The molecule has 0 radical (unpaired) electrons. The molecule has 0 aliphatic carbocycles. The highest BCUT2D eigenvalue weighted by atomic mass is 32.2. The zero-order valence-electron chi connectivity index (χ0n) is 10.8. The third-order valence-corrected chi connectivity index (χ3v) is 3.96. The van der Waals surface area contributed by atoms with Crippen molar-refractivity contribution >= 4 is 11.8 Å². The van der Waals surface area contributed by atoms with Crippen LogP contribution >= 0.6 is 11.8 Å². The van der Waals surface area contributed by atoms with E-state index in [0.717, 1.165) is 22.4 Å². The minimum absolute atomic E-state index is 0.0481. The standard InChI is InChI=1S/C16H16N2S/c1-12(18)13-7-4-8-16(9-13)19-11-15-6-3-2-5-14(15)10-17/h2-9,12H,11,18H2,1H3. The third-order valence-electron chi connectivity index (χ3n) is 2.92. The predicted octanol–water partition coefficient (Wildman–Crippen LogP) is 3.87. The van der Waals surface area contributed by atoms with Gasteiger partial charge in [0.15, 0.2) is 0 Å². The van der Waals surface area contributed by atoms with Crippen molar-refractivity contribution < 1.29 is 0 Å². The van der Waals surface area contributed by atoms with E-state index in [4.69, 9.17) is 11.0 Å². The Bertz CT molecular complexity index is 600. The Labute approximate surface area is 118 Å². The molecule has 2 aromatic rings. The van der Waals surface area contributed by atoms with Crippen molar-refractivity contribution in [1.82, 2.24) is 0 Å². The van der Waals surface area contributed by atoms with E-state index in [0.29, 0.717) is 0 Å². The number of nitrogens with two attached hydrogens (primary N) is 1. The number of thioether (sulfide) groups is 1. The Morgan fingerprint density at radius 3 is 2.74 bits per heavy atom. The van der Waals surface area contributed by atoms with Crippen LogP contribution in [0.25, 0.3) is 0 Å². The van der Waals surface area contributed by atoms with Crippen molar-refractivity contribution in [2.75, 3.05) is 0 Å². The number of rotatable bonds is 4. The molecule has 96 valence electrons. The summed E-state index contributed by atoms with van der Waals surface area (Å²) in [4.78, 5) is 1.18. The Hall–Kier alpha value is -1.76. The molecule has 0 aromatic heterocycles. The van der Waals surface area contributed by atoms with E-state index >= 15 is 0 Å². The van der Waals surface area contributed by atoms with E-state index in [9.17, 15) is 0 Å². The summed E-state index contributed by atoms with van der Waals surface area (Å²) >= 11 is 1.73. The van der Waals surface area contributed by atoms with Gasteiger partial charge in [0.05, 0.1) is 11.6 Å². The fraction of sp³-hybridized carbons (Fsp3) is 0.188. The molecule has 2 N–H and O–H groups in total. The van der Waals surface area contributed by atoms with Crippen molar-refractivity contribution in [2.24, 2.45) is 5.73 Å². The summed E-state index contributed by atoms with van der Waals surface area (Å²) in [5, 5.41) is 9.06. The summed E-state index contributed by atoms with van der Waals surface area (Å²) in [6.07, 6.45) is 0. The first kappa shape index (κ1) is 13.7. The van der Waals surface area contributed by atoms with Gasteiger partial charge in [0, 0.05) is 16.7 Å². The number of nitriles is 1. The zero-order chi connectivity index (χ0) is 13.7. The lowest BCUT2D eigenvalue weighted by Gasteiger charge is -2.08. The van der Waals surface area contributed by atoms with Gasteiger partial charge in [-0.2, -0.15) is 5.26 Å². The van der Waals surface area contributed by atoms with Gasteiger partial charge in [0.1, 0.15) is 0 Å². The van der Waals surface area contributed by atoms with E-state index in [2.05, 4.69) is 18.2 Å². The van der Waals surface area contributed by atoms with E-state index < -0.39 is 0 Å². The van der Waals surface area contributed by atoms with Crippen LogP contribution in [0.2, 0.25) is 0 Å². The lowest BCUT2D eigenvalue weighted by atomic mass is 10.1. The summed E-state index contributed by atoms with van der Waals surface area (Å²) in [6, 6.07) is 18.2. The number of hydrogen-bond donors (Lipinski definition) is 1. The summed E-state index contributed by atoms with van der Waals surface area (Å²) in [7, 11) is 0. The first-order chi connectivity index (χ1) is 9.20. The van der Waals surface area contributed by atoms with Crippen LogP contribution in [0.1, 0.15) is 29.7 Å². The van der Waals surface area contributed by atoms with Gasteiger partial charge in [-0.1, -0.05) is 30.3 Å². The summed E-state index contributed by atoms with van der Waals surface area (Å²) < 4.78 is 0. The highest BCUT2D eigenvalue weighted by molar-refractivity contribution is 7.98. The van der Waals surface area contributed by atoms with Crippen LogP contribution in [0, 0.1) is 11.3 Å². The molecule has 2 nitrogen and oxygen atoms in total. The van der Waals surface area contributed by atoms with Crippen LogP contribution in [-0.2, 0) is 5.75 Å². The molecule has 0 bridgehead atoms. The maximum Gasteiger partial charge on any atom is 0.0994 e. The minimum Gasteiger partial charge on any atom is -0.324 e. The van der Waals surface area contributed by atoms with Crippen LogP contribution in [0.4, 0.5) is 0 Å². The average molecular weight is 268 g/mol. The lowest BCUT2D eigenvalue weighted by Crippen LogP contribution is -2.04. The Morgan fingerprint density at radius 1 is 1.21 bits per heavy atom. The molecule has 1 atom stereocenters. The van der Waals surface area contributed by atoms with Crippen molar-refractivity contribution in [1.29, 1.82) is 5.26 Å². The maximum atomic E-state index is 9.06. The maximum absolute atomic E-state index is 9.06. The molecule has 1 unspecified atom stereocenters. The van der Waals surface area contributed by atoms with Gasteiger partial charge in [-0.3, -0.25) is 0 Å². The fourth-order valence-corrected chi connectivity index (χ4v) is 2.77. The molecule has 0 aliphatic rings. The Morgan fingerprint density at radius 2 is 2.00 bits per heavy atom. The molecule has 2 aromatic carbocycles. The summed E-state index contributed by atoms with van der Waals surface area (Å²) in [5.41, 5.74) is 8.84. The zero-order valence-corrected chi connectivity index (χ0v) is 11.7. The molecule has 0 aliphatic heterocycles. The summed E-state index contributed by atoms with van der Waals surface area (Å²) in [5.74, 6) is 0.798. The van der Waals surface area contributed by atoms with Crippen LogP contribution < -0.4 is 5.73 Å². The summed E-state index contributed by atoms with van der Waals surface area (Å²) in [6.45, 7) is 1.98. The van der Waals surface area contributed by atoms with Crippen molar-refractivity contribution in [3.8, 4) is 6.07 Å². The molecule has 0 spiro atoms. The molecular weight excluding hydrogens is 252 g/mol. The third kappa shape index (κ3) is 3.60. The van der Waals surface area contributed by atoms with Gasteiger partial charge in [0.25, 0.3) is 0 Å². The highest BCUT2D eigenvalue weighted by Crippen LogP contribution is 2.26. The molecule has 2 rings (SSSR count). The SMILES string of the molecule is CC(N)c1cccc(SCc2ccccc2C#N)c1. The molecule has 3 heteroatoms. The molecule has 0 heterocycles. The van der Waals surface area contributed by atoms with Crippen LogP contribution in [0.15, 0.2) is 53.4 Å². The van der Waals surface area contributed by atoms with E-state index in [-0.39, 0.29) is 6.04 Å². The van der Waals surface area contributed by atoms with Crippen LogP contribution in [0.3, 0.4) is 0 Å². The van der Waals surface area contributed by atoms with E-state index in [1.807, 2.05) is 43.3 Å². The number of benzene rings is 2. The monoisotopic (exact) mass is 268 g/mol. The van der Waals surface area contributed by atoms with E-state index in [1.165, 1.54) is 4.90 Å². The molecule has 0 saturated heterocycles. The van der Waals surface area contributed by atoms with Gasteiger partial charge < -0.3 is 5.73 Å². The molecule has 0 amide bonds. The second-order valence-electron chi connectivity index (χ2n) is 4.42. The number of nitrogens with zero attached hydrogens (tertiary/aromatic N) is 1. The fourth-order valence-electron chi connectivity index (χ4n) is 1.80. The lowest BCUT2D eigenvalue weighted by molar-refractivity contribution is 0.815. The topological polar surface area (TPSA) is 49.8 Å². The quantitative estimate of drug-likeness (QED) is 0.856. The normalized spacial score (nSPS) is 11.8. The first-order valence-electron chi connectivity index (χ1n) is 6.17. The second kappa shape index (κ2) is 6.42. The number of hydrogen-bond acceptors (Lipinski definition) is 3. The average Bonchev–Trinajstić information content (AvgIpc) is 2.45. The van der Waals surface area contributed by atoms with Crippen LogP contribution in [0.5, 0.6) is 0 Å². The van der Waals surface area contributed by atoms with Gasteiger partial charge in [-0.05, 0) is 36.2 Å². The molecule has 0 saturated carbocycles. The van der Waals surface area contributed by atoms with Crippen molar-refractivity contribution in [3.05, 3.63) is 65.2 Å². The largest absolute Gasteiger partial charge is 0.324 e. The van der Waals surface area contributed by atoms with Gasteiger partial charge in [0.2, 0.25) is 0 Å². The van der Waals surface area contributed by atoms with Crippen LogP contribution in [-0.4, -0.2) is 0 Å². The Kier molecular flexibility index (Phi) is 4.62. The molecule has 19 heavy (non-hydrogen) atoms. The minimum atomic E-state index is 0.0481. The van der Waals surface area contributed by atoms with Gasteiger partial charge in [-0.25, -0.2) is 0 Å². The predicted molar refractivity (Wildman–Crippen MR) is 79.8 cm³/mol. The molecular formula is C16H16N2S. The smallest absolute Gasteiger partial charge is 0.0994 e. The Balaban J connectivity index is 2.11. The first-order valence-corrected chi connectivity index (χ1v) is 7.15. The molecule has 0 fully saturated rings. The van der Waals surface area contributed by atoms with Crippen molar-refractivity contribution in [3.63, 3.8) is 0 Å². The van der Waals surface area contributed by atoms with E-state index in [1.54, 1.807) is 11.8 Å². The second-order valence-corrected chi connectivity index (χ2v) is 5.47. The van der Waals surface area contributed by atoms with Crippen molar-refractivity contribution in [2.45, 2.75) is 23.6 Å². The highest BCUT2D eigenvalue weighted by Gasteiger charge is 2.04. The van der Waals surface area contributed by atoms with Gasteiger partial charge >= 0.3 is 0 Å². The van der Waals surface area contributed by atoms with Gasteiger partial charge in [-0.15, -0.1) is 11.8 Å².